The lowest BCUT2D eigenvalue weighted by Crippen LogP contribution is -2.37. The normalized spacial score (nSPS) is 20.1. The van der Waals surface area contributed by atoms with Gasteiger partial charge >= 0.3 is 0 Å². The number of hydrogen-bond donors (Lipinski definition) is 1. The third kappa shape index (κ3) is 2.94. The van der Waals surface area contributed by atoms with Crippen molar-refractivity contribution in [3.05, 3.63) is 17.8 Å². The second kappa shape index (κ2) is 6.06. The maximum Gasteiger partial charge on any atom is 0.138 e. The van der Waals surface area contributed by atoms with Crippen LogP contribution in [-0.2, 0) is 0 Å². The Morgan fingerprint density at radius 2 is 2.35 bits per heavy atom. The highest BCUT2D eigenvalue weighted by atomic mass is 32.1. The van der Waals surface area contributed by atoms with Crippen LogP contribution in [0.3, 0.4) is 0 Å². The maximum atomic E-state index is 4.39. The molecule has 4 nitrogen and oxygen atoms in total. The second-order valence-electron chi connectivity index (χ2n) is 5.93. The molecule has 108 valence electrons. The summed E-state index contributed by atoms with van der Waals surface area (Å²) in [6, 6.07) is 2.74. The fourth-order valence-electron chi connectivity index (χ4n) is 2.98. The van der Waals surface area contributed by atoms with E-state index in [2.05, 4.69) is 45.5 Å². The molecule has 2 aromatic heterocycles. The van der Waals surface area contributed by atoms with Crippen molar-refractivity contribution in [2.75, 3.05) is 25.0 Å². The summed E-state index contributed by atoms with van der Waals surface area (Å²) in [5.74, 6) is 1.71. The average Bonchev–Trinajstić information content (AvgIpc) is 3.04. The van der Waals surface area contributed by atoms with Gasteiger partial charge in [-0.05, 0) is 36.8 Å². The first-order valence-corrected chi connectivity index (χ1v) is 8.28. The second-order valence-corrected chi connectivity index (χ2v) is 6.82. The Bertz CT molecular complexity index is 566. The minimum absolute atomic E-state index is 0.640. The van der Waals surface area contributed by atoms with E-state index in [1.54, 1.807) is 17.7 Å². The lowest BCUT2D eigenvalue weighted by atomic mass is 10.1. The molecule has 0 aliphatic carbocycles. The Hall–Kier alpha value is -1.20. The SMILES string of the molecule is CC(C)CN1CCC[C@@H]1CNc1ncnc2sccc12. The summed E-state index contributed by atoms with van der Waals surface area (Å²) < 4.78 is 0. The molecule has 0 aromatic carbocycles. The highest BCUT2D eigenvalue weighted by Gasteiger charge is 2.24. The summed E-state index contributed by atoms with van der Waals surface area (Å²) >= 11 is 1.67. The van der Waals surface area contributed by atoms with Gasteiger partial charge in [-0.2, -0.15) is 0 Å². The van der Waals surface area contributed by atoms with Crippen LogP contribution in [0.1, 0.15) is 26.7 Å². The van der Waals surface area contributed by atoms with Crippen LogP contribution >= 0.6 is 11.3 Å². The Kier molecular flexibility index (Phi) is 4.17. The van der Waals surface area contributed by atoms with Crippen molar-refractivity contribution >= 4 is 27.4 Å². The Morgan fingerprint density at radius 1 is 1.45 bits per heavy atom. The van der Waals surface area contributed by atoms with Gasteiger partial charge < -0.3 is 5.32 Å². The predicted octanol–water partition coefficient (Wildman–Crippen LogP) is 3.22. The summed E-state index contributed by atoms with van der Waals surface area (Å²) in [7, 11) is 0. The summed E-state index contributed by atoms with van der Waals surface area (Å²) in [6.07, 6.45) is 4.26. The molecule has 1 saturated heterocycles. The molecule has 0 saturated carbocycles. The number of nitrogens with zero attached hydrogens (tertiary/aromatic N) is 3. The van der Waals surface area contributed by atoms with Crippen LogP contribution in [0.25, 0.3) is 10.2 Å². The molecule has 1 aliphatic heterocycles. The van der Waals surface area contributed by atoms with Gasteiger partial charge in [-0.3, -0.25) is 4.90 Å². The van der Waals surface area contributed by atoms with E-state index in [0.717, 1.165) is 28.5 Å². The quantitative estimate of drug-likeness (QED) is 0.918. The van der Waals surface area contributed by atoms with Gasteiger partial charge in [0, 0.05) is 19.1 Å². The zero-order chi connectivity index (χ0) is 13.9. The van der Waals surface area contributed by atoms with Gasteiger partial charge in [0.15, 0.2) is 0 Å². The van der Waals surface area contributed by atoms with Crippen molar-refractivity contribution in [1.82, 2.24) is 14.9 Å². The Morgan fingerprint density at radius 3 is 3.20 bits per heavy atom. The van der Waals surface area contributed by atoms with Crippen molar-refractivity contribution in [2.24, 2.45) is 5.92 Å². The van der Waals surface area contributed by atoms with Crippen molar-refractivity contribution in [3.63, 3.8) is 0 Å². The zero-order valence-corrected chi connectivity index (χ0v) is 13.0. The van der Waals surface area contributed by atoms with Gasteiger partial charge in [-0.15, -0.1) is 11.3 Å². The molecule has 3 rings (SSSR count). The first-order valence-electron chi connectivity index (χ1n) is 7.40. The van der Waals surface area contributed by atoms with Crippen molar-refractivity contribution in [3.8, 4) is 0 Å². The average molecular weight is 290 g/mol. The number of anilines is 1. The van der Waals surface area contributed by atoms with Crippen molar-refractivity contribution < 1.29 is 0 Å². The molecule has 1 fully saturated rings. The summed E-state index contributed by atoms with van der Waals surface area (Å²) in [5.41, 5.74) is 0. The van der Waals surface area contributed by atoms with E-state index in [1.165, 1.54) is 25.9 Å². The number of fused-ring (bicyclic) bond motifs is 1. The number of rotatable bonds is 5. The first-order chi connectivity index (χ1) is 9.74. The number of hydrogen-bond acceptors (Lipinski definition) is 5. The Balaban J connectivity index is 1.65. The molecule has 1 atom stereocenters. The fourth-order valence-corrected chi connectivity index (χ4v) is 3.71. The molecular weight excluding hydrogens is 268 g/mol. The molecule has 0 radical (unpaired) electrons. The highest BCUT2D eigenvalue weighted by molar-refractivity contribution is 7.16. The van der Waals surface area contributed by atoms with E-state index in [-0.39, 0.29) is 0 Å². The number of likely N-dealkylation sites (tertiary alicyclic amines) is 1. The van der Waals surface area contributed by atoms with Gasteiger partial charge in [-0.25, -0.2) is 9.97 Å². The molecular formula is C15H22N4S. The van der Waals surface area contributed by atoms with Gasteiger partial charge in [0.25, 0.3) is 0 Å². The molecule has 0 unspecified atom stereocenters. The van der Waals surface area contributed by atoms with Crippen LogP contribution in [0.5, 0.6) is 0 Å². The number of aromatic nitrogens is 2. The molecule has 0 amide bonds. The smallest absolute Gasteiger partial charge is 0.138 e. The Labute approximate surface area is 124 Å². The van der Waals surface area contributed by atoms with E-state index in [1.807, 2.05) is 0 Å². The lowest BCUT2D eigenvalue weighted by Gasteiger charge is -2.26. The summed E-state index contributed by atoms with van der Waals surface area (Å²) in [4.78, 5) is 12.4. The zero-order valence-electron chi connectivity index (χ0n) is 12.2. The van der Waals surface area contributed by atoms with Crippen LogP contribution in [-0.4, -0.2) is 40.5 Å². The van der Waals surface area contributed by atoms with Gasteiger partial charge in [-0.1, -0.05) is 13.8 Å². The van der Waals surface area contributed by atoms with E-state index in [4.69, 9.17) is 0 Å². The van der Waals surface area contributed by atoms with Crippen LogP contribution in [0.4, 0.5) is 5.82 Å². The minimum Gasteiger partial charge on any atom is -0.368 e. The van der Waals surface area contributed by atoms with Gasteiger partial charge in [0.05, 0.1) is 5.39 Å². The molecule has 2 aromatic rings. The van der Waals surface area contributed by atoms with Crippen molar-refractivity contribution in [1.29, 1.82) is 0 Å². The molecule has 3 heterocycles. The van der Waals surface area contributed by atoms with Crippen LogP contribution in [0.2, 0.25) is 0 Å². The largest absolute Gasteiger partial charge is 0.368 e. The standard InChI is InChI=1S/C15H22N4S/c1-11(2)9-19-6-3-4-12(19)8-16-14-13-5-7-20-15(13)18-10-17-14/h5,7,10-12H,3-4,6,8-9H2,1-2H3,(H,16,17,18)/t12-/m1/s1. The summed E-state index contributed by atoms with van der Waals surface area (Å²) in [5, 5.41) is 6.75. The first kappa shape index (κ1) is 13.8. The third-order valence-electron chi connectivity index (χ3n) is 3.87. The predicted molar refractivity (Wildman–Crippen MR) is 85.3 cm³/mol. The van der Waals surface area contributed by atoms with Crippen LogP contribution < -0.4 is 5.32 Å². The topological polar surface area (TPSA) is 41.0 Å². The molecule has 5 heteroatoms. The van der Waals surface area contributed by atoms with E-state index >= 15 is 0 Å². The molecule has 0 bridgehead atoms. The molecule has 1 aliphatic rings. The fraction of sp³-hybridized carbons (Fsp3) is 0.600. The molecule has 0 spiro atoms. The van der Waals surface area contributed by atoms with E-state index in [9.17, 15) is 0 Å². The maximum absolute atomic E-state index is 4.39. The molecule has 20 heavy (non-hydrogen) atoms. The summed E-state index contributed by atoms with van der Waals surface area (Å²) in [6.45, 7) is 8.01. The van der Waals surface area contributed by atoms with E-state index in [0.29, 0.717) is 6.04 Å². The third-order valence-corrected chi connectivity index (χ3v) is 4.69. The van der Waals surface area contributed by atoms with Crippen LogP contribution in [0, 0.1) is 5.92 Å². The van der Waals surface area contributed by atoms with Crippen molar-refractivity contribution in [2.45, 2.75) is 32.7 Å². The van der Waals surface area contributed by atoms with Gasteiger partial charge in [0.1, 0.15) is 17.0 Å². The molecule has 1 N–H and O–H groups in total. The lowest BCUT2D eigenvalue weighted by molar-refractivity contribution is 0.234. The monoisotopic (exact) mass is 290 g/mol. The van der Waals surface area contributed by atoms with E-state index < -0.39 is 0 Å². The van der Waals surface area contributed by atoms with Gasteiger partial charge in [0.2, 0.25) is 0 Å². The minimum atomic E-state index is 0.640. The number of thiophene rings is 1. The highest BCUT2D eigenvalue weighted by Crippen LogP contribution is 2.25. The van der Waals surface area contributed by atoms with Crippen LogP contribution in [0.15, 0.2) is 17.8 Å². The number of nitrogens with one attached hydrogen (secondary N) is 1.